The van der Waals surface area contributed by atoms with E-state index in [9.17, 15) is 21.4 Å². The summed E-state index contributed by atoms with van der Waals surface area (Å²) < 4.78 is 89.0. The number of hydrogen-bond acceptors (Lipinski definition) is 8. The molecule has 4 rings (SSSR count). The number of hydrogen-bond donors (Lipinski definition) is 1. The topological polar surface area (TPSA) is 128 Å². The number of benzene rings is 2. The molecule has 0 unspecified atom stereocenters. The van der Waals surface area contributed by atoms with Gasteiger partial charge in [-0.15, -0.1) is 0 Å². The molecule has 194 valence electrons. The number of rotatable bonds is 9. The lowest BCUT2D eigenvalue weighted by Gasteiger charge is -2.18. The zero-order valence-electron chi connectivity index (χ0n) is 18.4. The molecule has 2 heterocycles. The smallest absolute Gasteiger partial charge is 0.304 e. The van der Waals surface area contributed by atoms with Gasteiger partial charge in [-0.1, -0.05) is 34.5 Å². The molecule has 0 fully saturated rings. The third kappa shape index (κ3) is 6.28. The van der Waals surface area contributed by atoms with Crippen LogP contribution in [0.3, 0.4) is 0 Å². The quantitative estimate of drug-likeness (QED) is 0.287. The fourth-order valence-electron chi connectivity index (χ4n) is 3.78. The Bertz CT molecular complexity index is 1570. The van der Waals surface area contributed by atoms with Gasteiger partial charge in [-0.25, -0.2) is 8.42 Å². The standard InChI is InChI=1S/C21H19Cl2FN2O7S3/c22-13-3-5-17-15(11-13)25(7-1-9-35(27,28)29)20(33-17)19(24)21-26(8-2-10-36(30,31)32)16-12-14(23)4-6-18(16)34-21/h3-6,11-12H,1-2,7-10H2,(H-,27,28,29,30,31,32). The molecule has 0 saturated carbocycles. The van der Waals surface area contributed by atoms with E-state index in [0.29, 0.717) is 31.7 Å². The Kier molecular flexibility index (Phi) is 7.81. The predicted molar refractivity (Wildman–Crippen MR) is 135 cm³/mol. The third-order valence-corrected chi connectivity index (χ3v) is 8.48. The summed E-state index contributed by atoms with van der Waals surface area (Å²) in [5, 5.41) is 0.824. The molecule has 3 aromatic rings. The van der Waals surface area contributed by atoms with Gasteiger partial charge in [0.25, 0.3) is 15.9 Å². The largest absolute Gasteiger partial charge is 0.748 e. The Hall–Kier alpha value is -2.00. The van der Waals surface area contributed by atoms with Crippen LogP contribution in [0.25, 0.3) is 16.0 Å². The Morgan fingerprint density at radius 1 is 1.08 bits per heavy atom. The molecule has 1 N–H and O–H groups in total. The van der Waals surface area contributed by atoms with Crippen molar-refractivity contribution in [2.24, 2.45) is 0 Å². The molecule has 9 nitrogen and oxygen atoms in total. The van der Waals surface area contributed by atoms with Crippen LogP contribution in [-0.2, 0) is 26.8 Å². The van der Waals surface area contributed by atoms with Crippen LogP contribution < -0.4 is 14.2 Å². The summed E-state index contributed by atoms with van der Waals surface area (Å²) in [5.41, 5.74) is 0.953. The summed E-state index contributed by atoms with van der Waals surface area (Å²) in [4.78, 5) is 1.42. The summed E-state index contributed by atoms with van der Waals surface area (Å²) in [6, 6.07) is 9.58. The molecule has 0 radical (unpaired) electrons. The monoisotopic (exact) mass is 596 g/mol. The van der Waals surface area contributed by atoms with Gasteiger partial charge in [0, 0.05) is 34.8 Å². The number of ether oxygens (including phenoxy) is 1. The molecule has 0 saturated heterocycles. The summed E-state index contributed by atoms with van der Waals surface area (Å²) in [6.07, 6.45) is -0.0897. The first kappa shape index (κ1) is 27.0. The molecule has 0 bridgehead atoms. The molecule has 1 aliphatic rings. The predicted octanol–water partition coefficient (Wildman–Crippen LogP) is 4.20. The van der Waals surface area contributed by atoms with Crippen molar-refractivity contribution < 1.29 is 39.6 Å². The number of anilines is 1. The lowest BCUT2D eigenvalue weighted by atomic mass is 10.2. The van der Waals surface area contributed by atoms with Crippen LogP contribution in [-0.4, -0.2) is 44.0 Å². The maximum Gasteiger partial charge on any atom is 0.304 e. The molecule has 0 amide bonds. The Morgan fingerprint density at radius 2 is 1.78 bits per heavy atom. The van der Waals surface area contributed by atoms with Gasteiger partial charge in [-0.05, 0) is 36.8 Å². The van der Waals surface area contributed by atoms with Crippen molar-refractivity contribution in [3.05, 3.63) is 57.3 Å². The Balaban J connectivity index is 1.79. The highest BCUT2D eigenvalue weighted by molar-refractivity contribution is 7.85. The normalized spacial score (nSPS) is 15.3. The highest BCUT2D eigenvalue weighted by Crippen LogP contribution is 2.44. The van der Waals surface area contributed by atoms with Gasteiger partial charge in [0.05, 0.1) is 21.6 Å². The zero-order valence-corrected chi connectivity index (χ0v) is 22.3. The van der Waals surface area contributed by atoms with E-state index >= 15 is 4.39 Å². The lowest BCUT2D eigenvalue weighted by Crippen LogP contribution is -2.37. The van der Waals surface area contributed by atoms with Crippen LogP contribution in [0.2, 0.25) is 10.0 Å². The minimum Gasteiger partial charge on any atom is -0.748 e. The molecule has 1 aliphatic heterocycles. The van der Waals surface area contributed by atoms with Crippen molar-refractivity contribution in [3.63, 3.8) is 0 Å². The van der Waals surface area contributed by atoms with Gasteiger partial charge >= 0.3 is 5.01 Å². The van der Waals surface area contributed by atoms with E-state index in [2.05, 4.69) is 0 Å². The summed E-state index contributed by atoms with van der Waals surface area (Å²) in [7, 11) is -8.70. The Morgan fingerprint density at radius 3 is 2.47 bits per heavy atom. The van der Waals surface area contributed by atoms with Crippen molar-refractivity contribution in [1.82, 2.24) is 0 Å². The van der Waals surface area contributed by atoms with Gasteiger partial charge in [0.2, 0.25) is 11.4 Å². The first-order chi connectivity index (χ1) is 16.8. The molecule has 0 atom stereocenters. The number of aryl methyl sites for hydroxylation is 1. The van der Waals surface area contributed by atoms with Crippen molar-refractivity contribution in [3.8, 4) is 5.75 Å². The average molecular weight is 597 g/mol. The van der Waals surface area contributed by atoms with Crippen LogP contribution in [0.1, 0.15) is 17.8 Å². The minimum absolute atomic E-state index is 0.0129. The van der Waals surface area contributed by atoms with Gasteiger partial charge in [-0.2, -0.15) is 17.4 Å². The first-order valence-corrected chi connectivity index (χ1v) is 15.2. The van der Waals surface area contributed by atoms with E-state index in [4.69, 9.17) is 32.5 Å². The fraction of sp³-hybridized carbons (Fsp3) is 0.286. The number of thiazole rings is 1. The second-order valence-electron chi connectivity index (χ2n) is 7.91. The molecule has 15 heteroatoms. The van der Waals surface area contributed by atoms with Crippen molar-refractivity contribution >= 4 is 76.5 Å². The van der Waals surface area contributed by atoms with Crippen molar-refractivity contribution in [1.29, 1.82) is 0 Å². The number of aromatic nitrogens is 1. The molecular formula is C21H19Cl2FN2O7S3. The highest BCUT2D eigenvalue weighted by atomic mass is 35.5. The van der Waals surface area contributed by atoms with E-state index in [0.717, 1.165) is 11.3 Å². The average Bonchev–Trinajstić information content (AvgIpc) is 3.30. The summed E-state index contributed by atoms with van der Waals surface area (Å²) in [5.74, 6) is -1.89. The maximum atomic E-state index is 16.2. The Labute approximate surface area is 220 Å². The van der Waals surface area contributed by atoms with Crippen LogP contribution in [0.5, 0.6) is 5.75 Å². The molecule has 36 heavy (non-hydrogen) atoms. The van der Waals surface area contributed by atoms with Gasteiger partial charge < -0.3 is 14.2 Å². The van der Waals surface area contributed by atoms with E-state index in [1.165, 1.54) is 9.47 Å². The van der Waals surface area contributed by atoms with Crippen LogP contribution in [0.4, 0.5) is 10.1 Å². The molecule has 0 spiro atoms. The SMILES string of the molecule is O=S(=O)([O-])CCC[n+]1c(/C(F)=C2/Oc3ccc(Cl)cc3N2CCCS(=O)(=O)O)sc2ccc(Cl)cc21. The second-order valence-corrected chi connectivity index (χ2v) is 12.9. The highest BCUT2D eigenvalue weighted by Gasteiger charge is 2.35. The van der Waals surface area contributed by atoms with E-state index < -0.39 is 37.6 Å². The molecular weight excluding hydrogens is 578 g/mol. The van der Waals surface area contributed by atoms with Crippen LogP contribution >= 0.6 is 34.5 Å². The van der Waals surface area contributed by atoms with Crippen LogP contribution in [0.15, 0.2) is 42.3 Å². The van der Waals surface area contributed by atoms with Gasteiger partial charge in [0.15, 0.2) is 12.3 Å². The van der Waals surface area contributed by atoms with Crippen LogP contribution in [0, 0.1) is 0 Å². The first-order valence-electron chi connectivity index (χ1n) is 10.5. The minimum atomic E-state index is -4.47. The van der Waals surface area contributed by atoms with Crippen molar-refractivity contribution in [2.75, 3.05) is 23.0 Å². The van der Waals surface area contributed by atoms with Gasteiger partial charge in [-0.3, -0.25) is 4.55 Å². The van der Waals surface area contributed by atoms with Crippen molar-refractivity contribution in [2.45, 2.75) is 19.4 Å². The molecule has 0 aliphatic carbocycles. The summed E-state index contributed by atoms with van der Waals surface area (Å²) in [6.45, 7) is 0.000409. The fourth-order valence-corrected chi connectivity index (χ4v) is 6.18. The van der Waals surface area contributed by atoms with E-state index in [-0.39, 0.29) is 36.8 Å². The number of nitrogens with zero attached hydrogens (tertiary/aromatic N) is 2. The second kappa shape index (κ2) is 10.4. The third-order valence-electron chi connectivity index (χ3n) is 5.26. The number of halogens is 3. The van der Waals surface area contributed by atoms with E-state index in [1.54, 1.807) is 36.4 Å². The summed E-state index contributed by atoms with van der Waals surface area (Å²) >= 11 is 13.3. The lowest BCUT2D eigenvalue weighted by molar-refractivity contribution is -0.669. The number of fused-ring (bicyclic) bond motifs is 2. The van der Waals surface area contributed by atoms with Gasteiger partial charge in [0.1, 0.15) is 4.70 Å². The molecule has 1 aromatic heterocycles. The molecule has 2 aromatic carbocycles. The maximum absolute atomic E-state index is 16.2. The van der Waals surface area contributed by atoms with E-state index in [1.807, 2.05) is 0 Å². The zero-order chi connectivity index (χ0) is 26.3.